The maximum Gasteiger partial charge on any atom is 0.335 e. The first-order valence-electron chi connectivity index (χ1n) is 13.1. The SMILES string of the molecule is COCCOCOc1ccc(-c2ccc3cc(C(=O)O)ccc3c2)cc1C12CC3CC(CC(C3)C1)C2. The lowest BCUT2D eigenvalue weighted by Crippen LogP contribution is -2.48. The number of ether oxygens (including phenoxy) is 3. The standard InChI is InChI=1S/C31H34O5/c1-34-8-9-35-19-36-29-7-6-26(24-2-3-25-14-27(30(32)33)5-4-23(25)13-24)15-28(29)31-16-20-10-21(17-31)12-22(11-20)18-31/h2-7,13-15,20-22H,8-12,16-19H2,1H3,(H,32,33). The molecule has 0 unspecified atom stereocenters. The predicted octanol–water partition coefficient (Wildman–Crippen LogP) is 6.67. The van der Waals surface area contributed by atoms with Crippen LogP contribution < -0.4 is 4.74 Å². The molecule has 5 heteroatoms. The number of carbonyl (C=O) groups is 1. The minimum absolute atomic E-state index is 0.194. The molecule has 4 aliphatic carbocycles. The number of hydrogen-bond acceptors (Lipinski definition) is 4. The summed E-state index contributed by atoms with van der Waals surface area (Å²) >= 11 is 0. The smallest absolute Gasteiger partial charge is 0.335 e. The van der Waals surface area contributed by atoms with E-state index in [2.05, 4.69) is 30.3 Å². The van der Waals surface area contributed by atoms with E-state index >= 15 is 0 Å². The van der Waals surface area contributed by atoms with Gasteiger partial charge in [0.15, 0.2) is 6.79 Å². The molecular formula is C31H34O5. The van der Waals surface area contributed by atoms with Gasteiger partial charge in [-0.05, 0) is 114 Å². The molecule has 0 heterocycles. The Kier molecular flexibility index (Phi) is 6.22. The van der Waals surface area contributed by atoms with E-state index in [1.807, 2.05) is 12.1 Å². The Morgan fingerprint density at radius 3 is 2.19 bits per heavy atom. The third-order valence-corrected chi connectivity index (χ3v) is 8.74. The molecule has 0 spiro atoms. The zero-order chi connectivity index (χ0) is 24.7. The number of rotatable bonds is 9. The molecule has 3 aromatic rings. The van der Waals surface area contributed by atoms with E-state index in [9.17, 15) is 9.90 Å². The van der Waals surface area contributed by atoms with Crippen LogP contribution in [0.15, 0.2) is 54.6 Å². The highest BCUT2D eigenvalue weighted by Crippen LogP contribution is 2.62. The van der Waals surface area contributed by atoms with Crippen LogP contribution in [0.3, 0.4) is 0 Å². The number of carboxylic acid groups (broad SMARTS) is 1. The second-order valence-electron chi connectivity index (χ2n) is 11.2. The van der Waals surface area contributed by atoms with Gasteiger partial charge in [0.05, 0.1) is 18.8 Å². The zero-order valence-corrected chi connectivity index (χ0v) is 20.9. The van der Waals surface area contributed by atoms with Gasteiger partial charge in [-0.2, -0.15) is 0 Å². The number of benzene rings is 3. The number of methoxy groups -OCH3 is 1. The van der Waals surface area contributed by atoms with Crippen LogP contribution in [0.5, 0.6) is 5.75 Å². The van der Waals surface area contributed by atoms with Gasteiger partial charge in [-0.15, -0.1) is 0 Å². The second kappa shape index (κ2) is 9.53. The molecule has 4 saturated carbocycles. The zero-order valence-electron chi connectivity index (χ0n) is 20.9. The Hall–Kier alpha value is -2.89. The molecule has 7 rings (SSSR count). The van der Waals surface area contributed by atoms with Crippen molar-refractivity contribution in [1.82, 2.24) is 0 Å². The molecule has 3 aromatic carbocycles. The van der Waals surface area contributed by atoms with Crippen LogP contribution in [0.2, 0.25) is 0 Å². The lowest BCUT2D eigenvalue weighted by molar-refractivity contribution is -0.0189. The summed E-state index contributed by atoms with van der Waals surface area (Å²) in [5.41, 5.74) is 4.17. The number of hydrogen-bond donors (Lipinski definition) is 1. The van der Waals surface area contributed by atoms with Crippen molar-refractivity contribution < 1.29 is 24.1 Å². The van der Waals surface area contributed by atoms with Gasteiger partial charge in [-0.1, -0.05) is 24.3 Å². The predicted molar refractivity (Wildman–Crippen MR) is 140 cm³/mol. The van der Waals surface area contributed by atoms with Crippen LogP contribution in [0.25, 0.3) is 21.9 Å². The molecule has 0 atom stereocenters. The van der Waals surface area contributed by atoms with Gasteiger partial charge in [-0.3, -0.25) is 0 Å². The van der Waals surface area contributed by atoms with Gasteiger partial charge in [0, 0.05) is 12.7 Å². The van der Waals surface area contributed by atoms with Crippen LogP contribution in [0, 0.1) is 17.8 Å². The number of aromatic carboxylic acids is 1. The summed E-state index contributed by atoms with van der Waals surface area (Å²) in [6.07, 6.45) is 7.99. The van der Waals surface area contributed by atoms with E-state index in [1.54, 1.807) is 19.2 Å². The topological polar surface area (TPSA) is 65.0 Å². The molecule has 0 saturated heterocycles. The van der Waals surface area contributed by atoms with Gasteiger partial charge in [-0.25, -0.2) is 4.79 Å². The quantitative estimate of drug-likeness (QED) is 0.270. The lowest BCUT2D eigenvalue weighted by atomic mass is 9.48. The van der Waals surface area contributed by atoms with E-state index in [1.165, 1.54) is 49.7 Å². The fourth-order valence-corrected chi connectivity index (χ4v) is 7.56. The third-order valence-electron chi connectivity index (χ3n) is 8.74. The van der Waals surface area contributed by atoms with E-state index in [0.29, 0.717) is 18.8 Å². The van der Waals surface area contributed by atoms with E-state index in [0.717, 1.165) is 39.8 Å². The van der Waals surface area contributed by atoms with E-state index in [-0.39, 0.29) is 12.2 Å². The average molecular weight is 487 g/mol. The number of fused-ring (bicyclic) bond motifs is 1. The van der Waals surface area contributed by atoms with E-state index < -0.39 is 5.97 Å². The summed E-state index contributed by atoms with van der Waals surface area (Å²) in [6, 6.07) is 18.2. The van der Waals surface area contributed by atoms with Crippen LogP contribution in [-0.4, -0.2) is 38.2 Å². The molecule has 0 aliphatic heterocycles. The van der Waals surface area contributed by atoms with Crippen LogP contribution in [0.4, 0.5) is 0 Å². The largest absolute Gasteiger partial charge is 0.478 e. The molecule has 0 amide bonds. The highest BCUT2D eigenvalue weighted by atomic mass is 16.7. The molecule has 0 aromatic heterocycles. The molecule has 4 bridgehead atoms. The Morgan fingerprint density at radius 2 is 1.50 bits per heavy atom. The fraction of sp³-hybridized carbons (Fsp3) is 0.452. The van der Waals surface area contributed by atoms with Crippen molar-refractivity contribution in [2.24, 2.45) is 17.8 Å². The lowest BCUT2D eigenvalue weighted by Gasteiger charge is -2.57. The minimum Gasteiger partial charge on any atom is -0.478 e. The Balaban J connectivity index is 1.36. The molecule has 5 nitrogen and oxygen atoms in total. The van der Waals surface area contributed by atoms with Crippen LogP contribution in [-0.2, 0) is 14.9 Å². The summed E-state index contributed by atoms with van der Waals surface area (Å²) in [5, 5.41) is 11.3. The summed E-state index contributed by atoms with van der Waals surface area (Å²) in [4.78, 5) is 11.4. The van der Waals surface area contributed by atoms with E-state index in [4.69, 9.17) is 14.2 Å². The first-order chi connectivity index (χ1) is 17.5. The van der Waals surface area contributed by atoms with Gasteiger partial charge in [0.25, 0.3) is 0 Å². The average Bonchev–Trinajstić information content (AvgIpc) is 2.87. The Labute approximate surface area is 212 Å². The summed E-state index contributed by atoms with van der Waals surface area (Å²) < 4.78 is 17.0. The minimum atomic E-state index is -0.900. The van der Waals surface area contributed by atoms with Crippen molar-refractivity contribution in [3.05, 3.63) is 65.7 Å². The molecule has 1 N–H and O–H groups in total. The molecule has 36 heavy (non-hydrogen) atoms. The number of carboxylic acids is 1. The summed E-state index contributed by atoms with van der Waals surface area (Å²) in [7, 11) is 1.67. The molecular weight excluding hydrogens is 452 g/mol. The first-order valence-corrected chi connectivity index (χ1v) is 13.1. The highest BCUT2D eigenvalue weighted by Gasteiger charge is 2.52. The maximum atomic E-state index is 11.4. The third kappa shape index (κ3) is 4.39. The first kappa shape index (κ1) is 23.5. The maximum absolute atomic E-state index is 11.4. The summed E-state index contributed by atoms with van der Waals surface area (Å²) in [5.74, 6) is 2.58. The monoisotopic (exact) mass is 486 g/mol. The van der Waals surface area contributed by atoms with Gasteiger partial charge in [0.1, 0.15) is 5.75 Å². The van der Waals surface area contributed by atoms with Gasteiger partial charge in [0.2, 0.25) is 0 Å². The van der Waals surface area contributed by atoms with Crippen molar-refractivity contribution >= 4 is 16.7 Å². The van der Waals surface area contributed by atoms with Crippen LogP contribution in [0.1, 0.15) is 54.4 Å². The van der Waals surface area contributed by atoms with Crippen LogP contribution >= 0.6 is 0 Å². The molecule has 4 aliphatic rings. The normalized spacial score (nSPS) is 26.4. The molecule has 4 fully saturated rings. The Bertz CT molecular complexity index is 1240. The molecule has 188 valence electrons. The molecule has 0 radical (unpaired) electrons. The van der Waals surface area contributed by atoms with Crippen molar-refractivity contribution in [3.8, 4) is 16.9 Å². The van der Waals surface area contributed by atoms with Crippen molar-refractivity contribution in [2.75, 3.05) is 27.1 Å². The van der Waals surface area contributed by atoms with Crippen molar-refractivity contribution in [3.63, 3.8) is 0 Å². The van der Waals surface area contributed by atoms with Gasteiger partial charge < -0.3 is 19.3 Å². The highest BCUT2D eigenvalue weighted by molar-refractivity contribution is 5.95. The fourth-order valence-electron chi connectivity index (χ4n) is 7.56. The van der Waals surface area contributed by atoms with Crippen molar-refractivity contribution in [2.45, 2.75) is 43.9 Å². The summed E-state index contributed by atoms with van der Waals surface area (Å²) in [6.45, 7) is 1.30. The van der Waals surface area contributed by atoms with Gasteiger partial charge >= 0.3 is 5.97 Å². The Morgan fingerprint density at radius 1 is 0.861 bits per heavy atom. The van der Waals surface area contributed by atoms with Crippen molar-refractivity contribution in [1.29, 1.82) is 0 Å². The second-order valence-corrected chi connectivity index (χ2v) is 11.2.